The van der Waals surface area contributed by atoms with E-state index in [9.17, 15) is 13.2 Å². The summed E-state index contributed by atoms with van der Waals surface area (Å²) in [4.78, 5) is 21.0. The third kappa shape index (κ3) is 3.12. The quantitative estimate of drug-likeness (QED) is 0.835. The van der Waals surface area contributed by atoms with Crippen molar-refractivity contribution in [1.29, 1.82) is 0 Å². The summed E-state index contributed by atoms with van der Waals surface area (Å²) in [5.41, 5.74) is 0.603. The Hall–Kier alpha value is -1.85. The van der Waals surface area contributed by atoms with Crippen LogP contribution in [0.25, 0.3) is 0 Å². The van der Waals surface area contributed by atoms with Gasteiger partial charge in [0.1, 0.15) is 4.88 Å². The van der Waals surface area contributed by atoms with Crippen molar-refractivity contribution in [3.8, 4) is 0 Å². The van der Waals surface area contributed by atoms with Gasteiger partial charge in [0.2, 0.25) is 0 Å². The highest BCUT2D eigenvalue weighted by molar-refractivity contribution is 7.89. The Balaban J connectivity index is 1.73. The Morgan fingerprint density at radius 2 is 2.13 bits per heavy atom. The first-order chi connectivity index (χ1) is 11.0. The lowest BCUT2D eigenvalue weighted by atomic mass is 10.3. The van der Waals surface area contributed by atoms with Crippen molar-refractivity contribution in [3.63, 3.8) is 0 Å². The van der Waals surface area contributed by atoms with Crippen molar-refractivity contribution in [2.24, 2.45) is 0 Å². The number of H-pyrrole nitrogens is 1. The fourth-order valence-corrected chi connectivity index (χ4v) is 4.42. The zero-order valence-electron chi connectivity index (χ0n) is 12.5. The van der Waals surface area contributed by atoms with Gasteiger partial charge in [0, 0.05) is 26.2 Å². The number of hydrogen-bond donors (Lipinski definition) is 1. The lowest BCUT2D eigenvalue weighted by Crippen LogP contribution is -2.37. The van der Waals surface area contributed by atoms with Crippen LogP contribution in [0.15, 0.2) is 17.6 Å². The van der Waals surface area contributed by atoms with E-state index in [1.54, 1.807) is 11.8 Å². The minimum absolute atomic E-state index is 0.0692. The molecule has 0 aliphatic carbocycles. The van der Waals surface area contributed by atoms with Crippen LogP contribution in [0.3, 0.4) is 0 Å². The van der Waals surface area contributed by atoms with Gasteiger partial charge in [0.05, 0.1) is 18.2 Å². The number of aryl methyl sites for hydroxylation is 1. The van der Waals surface area contributed by atoms with Crippen molar-refractivity contribution >= 4 is 27.5 Å². The van der Waals surface area contributed by atoms with Crippen LogP contribution in [0, 0.1) is 6.92 Å². The first-order valence-electron chi connectivity index (χ1n) is 7.07. The van der Waals surface area contributed by atoms with E-state index < -0.39 is 10.0 Å². The number of nitrogens with zero attached hydrogens (tertiary/aromatic N) is 5. The van der Waals surface area contributed by atoms with E-state index in [1.807, 2.05) is 0 Å². The van der Waals surface area contributed by atoms with E-state index in [0.717, 1.165) is 11.5 Å². The molecular weight excluding hydrogens is 340 g/mol. The van der Waals surface area contributed by atoms with Gasteiger partial charge in [-0.1, -0.05) is 4.49 Å². The van der Waals surface area contributed by atoms with Gasteiger partial charge in [0.15, 0.2) is 5.03 Å². The maximum atomic E-state index is 12.5. The number of hydrogen-bond acceptors (Lipinski definition) is 7. The molecule has 0 unspecified atom stereocenters. The smallest absolute Gasteiger partial charge is 0.267 e. The van der Waals surface area contributed by atoms with E-state index in [4.69, 9.17) is 0 Å². The van der Waals surface area contributed by atoms with Crippen molar-refractivity contribution in [1.82, 2.24) is 28.8 Å². The second-order valence-corrected chi connectivity index (χ2v) is 7.81. The SMILES string of the molecule is Cc1nnsc1C(=O)N1CCCN(S(=O)(=O)c2cnc[nH]2)CC1. The highest BCUT2D eigenvalue weighted by Crippen LogP contribution is 2.18. The number of sulfonamides is 1. The molecule has 3 rings (SSSR count). The molecule has 1 fully saturated rings. The third-order valence-corrected chi connectivity index (χ3v) is 6.32. The fourth-order valence-electron chi connectivity index (χ4n) is 2.43. The van der Waals surface area contributed by atoms with Crippen molar-refractivity contribution in [3.05, 3.63) is 23.1 Å². The second kappa shape index (κ2) is 6.34. The lowest BCUT2D eigenvalue weighted by molar-refractivity contribution is 0.0768. The molecule has 1 amide bonds. The summed E-state index contributed by atoms with van der Waals surface area (Å²) >= 11 is 1.07. The third-order valence-electron chi connectivity index (χ3n) is 3.68. The monoisotopic (exact) mass is 356 g/mol. The molecule has 0 aromatic carbocycles. The van der Waals surface area contributed by atoms with Gasteiger partial charge in [-0.05, 0) is 24.9 Å². The molecule has 124 valence electrons. The van der Waals surface area contributed by atoms with E-state index >= 15 is 0 Å². The van der Waals surface area contributed by atoms with Crippen LogP contribution in [0.5, 0.6) is 0 Å². The molecule has 3 heterocycles. The molecule has 11 heteroatoms. The molecule has 1 saturated heterocycles. The average Bonchev–Trinajstić information content (AvgIpc) is 3.13. The number of rotatable bonds is 3. The second-order valence-electron chi connectivity index (χ2n) is 5.15. The number of nitrogens with one attached hydrogen (secondary N) is 1. The van der Waals surface area contributed by atoms with Crippen LogP contribution in [-0.4, -0.2) is 69.3 Å². The molecular formula is C12H16N6O3S2. The van der Waals surface area contributed by atoms with Crippen LogP contribution < -0.4 is 0 Å². The molecule has 9 nitrogen and oxygen atoms in total. The summed E-state index contributed by atoms with van der Waals surface area (Å²) in [6.07, 6.45) is 3.19. The van der Waals surface area contributed by atoms with E-state index in [0.29, 0.717) is 36.6 Å². The molecule has 0 radical (unpaired) electrons. The number of imidazole rings is 1. The Morgan fingerprint density at radius 1 is 1.30 bits per heavy atom. The Morgan fingerprint density at radius 3 is 2.78 bits per heavy atom. The molecule has 2 aromatic heterocycles. The minimum Gasteiger partial charge on any atom is -0.336 e. The normalized spacial score (nSPS) is 17.2. The zero-order chi connectivity index (χ0) is 16.4. The van der Waals surface area contributed by atoms with Gasteiger partial charge >= 0.3 is 0 Å². The standard InChI is InChI=1S/C12H16N6O3S2/c1-9-11(22-16-15-9)12(19)17-3-2-4-18(6-5-17)23(20,21)10-7-13-8-14-10/h7-8H,2-6H2,1H3,(H,13,14). The molecule has 1 aliphatic rings. The number of carbonyl (C=O) groups is 1. The molecule has 2 aromatic rings. The summed E-state index contributed by atoms with van der Waals surface area (Å²) in [5.74, 6) is -0.140. The molecule has 0 bridgehead atoms. The van der Waals surface area contributed by atoms with Crippen molar-refractivity contribution in [2.45, 2.75) is 18.4 Å². The van der Waals surface area contributed by atoms with Gasteiger partial charge in [-0.15, -0.1) is 5.10 Å². The fraction of sp³-hybridized carbons (Fsp3) is 0.500. The summed E-state index contributed by atoms with van der Waals surface area (Å²) in [6.45, 7) is 3.20. The molecule has 0 spiro atoms. The topological polar surface area (TPSA) is 112 Å². The van der Waals surface area contributed by atoms with Gasteiger partial charge in [-0.3, -0.25) is 4.79 Å². The van der Waals surface area contributed by atoms with Crippen LogP contribution in [0.1, 0.15) is 21.8 Å². The van der Waals surface area contributed by atoms with Gasteiger partial charge < -0.3 is 9.88 Å². The van der Waals surface area contributed by atoms with Crippen molar-refractivity contribution < 1.29 is 13.2 Å². The first kappa shape index (κ1) is 16.0. The van der Waals surface area contributed by atoms with Gasteiger partial charge in [-0.2, -0.15) is 4.31 Å². The average molecular weight is 356 g/mol. The maximum absolute atomic E-state index is 12.5. The minimum atomic E-state index is -3.60. The van der Waals surface area contributed by atoms with E-state index in [2.05, 4.69) is 19.6 Å². The molecule has 1 aliphatic heterocycles. The Labute approximate surface area is 137 Å². The Kier molecular flexibility index (Phi) is 4.41. The highest BCUT2D eigenvalue weighted by atomic mass is 32.2. The Bertz CT molecular complexity index is 786. The van der Waals surface area contributed by atoms with Crippen LogP contribution >= 0.6 is 11.5 Å². The molecule has 0 atom stereocenters. The number of carbonyl (C=O) groups excluding carboxylic acids is 1. The summed E-state index contributed by atoms with van der Waals surface area (Å²) in [7, 11) is -3.60. The van der Waals surface area contributed by atoms with Crippen LogP contribution in [0.4, 0.5) is 0 Å². The summed E-state index contributed by atoms with van der Waals surface area (Å²) in [6, 6.07) is 0. The van der Waals surface area contributed by atoms with E-state index in [1.165, 1.54) is 16.8 Å². The summed E-state index contributed by atoms with van der Waals surface area (Å²) in [5, 5.41) is 3.92. The predicted octanol–water partition coefficient (Wildman–Crippen LogP) is 0.106. The zero-order valence-corrected chi connectivity index (χ0v) is 14.1. The van der Waals surface area contributed by atoms with Crippen LogP contribution in [-0.2, 0) is 10.0 Å². The predicted molar refractivity (Wildman–Crippen MR) is 82.5 cm³/mol. The molecule has 23 heavy (non-hydrogen) atoms. The van der Waals surface area contributed by atoms with Crippen LogP contribution in [0.2, 0.25) is 0 Å². The highest BCUT2D eigenvalue weighted by Gasteiger charge is 2.30. The number of amides is 1. The largest absolute Gasteiger partial charge is 0.336 e. The summed E-state index contributed by atoms with van der Waals surface area (Å²) < 4.78 is 30.1. The van der Waals surface area contributed by atoms with Gasteiger partial charge in [0.25, 0.3) is 15.9 Å². The maximum Gasteiger partial charge on any atom is 0.267 e. The van der Waals surface area contributed by atoms with Gasteiger partial charge in [-0.25, -0.2) is 13.4 Å². The first-order valence-corrected chi connectivity index (χ1v) is 9.28. The molecule has 0 saturated carbocycles. The van der Waals surface area contributed by atoms with E-state index in [-0.39, 0.29) is 17.5 Å². The van der Waals surface area contributed by atoms with Crippen molar-refractivity contribution in [2.75, 3.05) is 26.2 Å². The molecule has 1 N–H and O–H groups in total. The number of aromatic amines is 1. The number of aromatic nitrogens is 4. The lowest BCUT2D eigenvalue weighted by Gasteiger charge is -2.21.